The first-order chi connectivity index (χ1) is 7.87. The first kappa shape index (κ1) is 13.0. The molecule has 1 aliphatic rings. The number of aliphatic hydroxyl groups excluding tert-OH is 1. The lowest BCUT2D eigenvalue weighted by Gasteiger charge is -2.25. The van der Waals surface area contributed by atoms with E-state index in [0.717, 1.165) is 12.8 Å². The number of sulfonamides is 1. The molecule has 1 saturated carbocycles. The minimum Gasteiger partial charge on any atom is -0.391 e. The SMILES string of the molecule is CC(C)(NS(=O)(=O)c1ccsc1CO)C1CC1. The van der Waals surface area contributed by atoms with E-state index >= 15 is 0 Å². The fourth-order valence-corrected chi connectivity index (χ4v) is 4.74. The monoisotopic (exact) mass is 275 g/mol. The summed E-state index contributed by atoms with van der Waals surface area (Å²) in [7, 11) is -3.52. The van der Waals surface area contributed by atoms with E-state index in [1.807, 2.05) is 13.8 Å². The molecule has 1 heterocycles. The highest BCUT2D eigenvalue weighted by molar-refractivity contribution is 7.89. The van der Waals surface area contributed by atoms with Gasteiger partial charge in [-0.15, -0.1) is 11.3 Å². The van der Waals surface area contributed by atoms with Gasteiger partial charge in [-0.3, -0.25) is 0 Å². The van der Waals surface area contributed by atoms with Gasteiger partial charge >= 0.3 is 0 Å². The van der Waals surface area contributed by atoms with Crippen LogP contribution in [0.3, 0.4) is 0 Å². The van der Waals surface area contributed by atoms with E-state index in [0.29, 0.717) is 10.8 Å². The molecule has 17 heavy (non-hydrogen) atoms. The number of hydrogen-bond acceptors (Lipinski definition) is 4. The van der Waals surface area contributed by atoms with Crippen molar-refractivity contribution < 1.29 is 13.5 Å². The standard InChI is InChI=1S/C11H17NO3S2/c1-11(2,8-3-4-8)12-17(14,15)10-5-6-16-9(10)7-13/h5-6,8,12-13H,3-4,7H2,1-2H3. The number of aliphatic hydroxyl groups is 1. The lowest BCUT2D eigenvalue weighted by atomic mass is 10.0. The Morgan fingerprint density at radius 3 is 2.71 bits per heavy atom. The second kappa shape index (κ2) is 4.35. The summed E-state index contributed by atoms with van der Waals surface area (Å²) in [6, 6.07) is 1.54. The van der Waals surface area contributed by atoms with E-state index in [4.69, 9.17) is 5.11 Å². The molecule has 0 unspecified atom stereocenters. The Morgan fingerprint density at radius 1 is 1.53 bits per heavy atom. The van der Waals surface area contributed by atoms with Gasteiger partial charge in [0.15, 0.2) is 0 Å². The fourth-order valence-electron chi connectivity index (χ4n) is 1.97. The van der Waals surface area contributed by atoms with E-state index in [9.17, 15) is 8.42 Å². The minimum atomic E-state index is -3.52. The van der Waals surface area contributed by atoms with Gasteiger partial charge in [-0.1, -0.05) is 0 Å². The van der Waals surface area contributed by atoms with Gasteiger partial charge in [0, 0.05) is 10.4 Å². The third kappa shape index (κ3) is 2.70. The normalized spacial score (nSPS) is 17.4. The van der Waals surface area contributed by atoms with Crippen molar-refractivity contribution in [1.29, 1.82) is 0 Å². The zero-order valence-electron chi connectivity index (χ0n) is 9.93. The molecule has 1 fully saturated rings. The molecular weight excluding hydrogens is 258 g/mol. The Bertz CT molecular complexity index is 501. The van der Waals surface area contributed by atoms with Crippen LogP contribution < -0.4 is 4.72 Å². The summed E-state index contributed by atoms with van der Waals surface area (Å²) >= 11 is 1.26. The Balaban J connectivity index is 2.25. The molecule has 0 saturated heterocycles. The molecule has 6 heteroatoms. The van der Waals surface area contributed by atoms with E-state index in [1.165, 1.54) is 11.3 Å². The van der Waals surface area contributed by atoms with Crippen molar-refractivity contribution in [2.24, 2.45) is 5.92 Å². The third-order valence-electron chi connectivity index (χ3n) is 3.13. The van der Waals surface area contributed by atoms with Crippen LogP contribution in [0.4, 0.5) is 0 Å². The summed E-state index contributed by atoms with van der Waals surface area (Å²) in [5, 5.41) is 10.8. The van der Waals surface area contributed by atoms with Crippen LogP contribution in [0.2, 0.25) is 0 Å². The Morgan fingerprint density at radius 2 is 2.18 bits per heavy atom. The van der Waals surface area contributed by atoms with Gasteiger partial charge in [0.2, 0.25) is 10.0 Å². The highest BCUT2D eigenvalue weighted by atomic mass is 32.2. The van der Waals surface area contributed by atoms with E-state index < -0.39 is 15.6 Å². The van der Waals surface area contributed by atoms with Gasteiger partial charge in [-0.2, -0.15) is 0 Å². The largest absolute Gasteiger partial charge is 0.391 e. The zero-order valence-corrected chi connectivity index (χ0v) is 11.6. The topological polar surface area (TPSA) is 66.4 Å². The smallest absolute Gasteiger partial charge is 0.242 e. The quantitative estimate of drug-likeness (QED) is 0.859. The van der Waals surface area contributed by atoms with Gasteiger partial charge in [0.05, 0.1) is 11.5 Å². The Labute approximate surface area is 106 Å². The summed E-state index contributed by atoms with van der Waals surface area (Å²) < 4.78 is 27.2. The van der Waals surface area contributed by atoms with Crippen molar-refractivity contribution in [2.45, 2.75) is 43.7 Å². The lowest BCUT2D eigenvalue weighted by Crippen LogP contribution is -2.45. The average molecular weight is 275 g/mol. The summed E-state index contributed by atoms with van der Waals surface area (Å²) in [6.45, 7) is 3.58. The van der Waals surface area contributed by atoms with Crippen LogP contribution in [0.15, 0.2) is 16.3 Å². The third-order valence-corrected chi connectivity index (χ3v) is 5.92. The predicted octanol–water partition coefficient (Wildman–Crippen LogP) is 1.71. The van der Waals surface area contributed by atoms with Crippen LogP contribution in [-0.2, 0) is 16.6 Å². The predicted molar refractivity (Wildman–Crippen MR) is 67.4 cm³/mol. The molecule has 0 aromatic carbocycles. The van der Waals surface area contributed by atoms with E-state index in [-0.39, 0.29) is 11.5 Å². The fraction of sp³-hybridized carbons (Fsp3) is 0.636. The number of thiophene rings is 1. The zero-order chi connectivity index (χ0) is 12.7. The molecule has 0 aliphatic heterocycles. The molecule has 2 rings (SSSR count). The van der Waals surface area contributed by atoms with Crippen molar-refractivity contribution in [2.75, 3.05) is 0 Å². The highest BCUT2D eigenvalue weighted by Crippen LogP contribution is 2.40. The molecule has 1 aliphatic carbocycles. The first-order valence-electron chi connectivity index (χ1n) is 5.58. The van der Waals surface area contributed by atoms with Crippen molar-refractivity contribution in [3.8, 4) is 0 Å². The molecule has 1 aromatic heterocycles. The van der Waals surface area contributed by atoms with Gasteiger partial charge in [0.25, 0.3) is 0 Å². The second-order valence-electron chi connectivity index (χ2n) is 4.97. The van der Waals surface area contributed by atoms with Gasteiger partial charge < -0.3 is 5.11 Å². The maximum atomic E-state index is 12.2. The Hall–Kier alpha value is -0.430. The van der Waals surface area contributed by atoms with E-state index in [2.05, 4.69) is 4.72 Å². The van der Waals surface area contributed by atoms with Crippen molar-refractivity contribution >= 4 is 21.4 Å². The van der Waals surface area contributed by atoms with Crippen LogP contribution in [-0.4, -0.2) is 19.1 Å². The molecule has 96 valence electrons. The number of hydrogen-bond donors (Lipinski definition) is 2. The summed E-state index contributed by atoms with van der Waals surface area (Å²) in [5.41, 5.74) is -0.409. The van der Waals surface area contributed by atoms with Crippen LogP contribution in [0.5, 0.6) is 0 Å². The molecule has 2 N–H and O–H groups in total. The van der Waals surface area contributed by atoms with Crippen molar-refractivity contribution in [3.63, 3.8) is 0 Å². The maximum Gasteiger partial charge on any atom is 0.242 e. The summed E-state index contributed by atoms with van der Waals surface area (Å²) in [4.78, 5) is 0.697. The lowest BCUT2D eigenvalue weighted by molar-refractivity contribution is 0.282. The molecule has 0 bridgehead atoms. The molecule has 0 amide bonds. The van der Waals surface area contributed by atoms with Gasteiger partial charge in [0.1, 0.15) is 0 Å². The van der Waals surface area contributed by atoms with Crippen LogP contribution >= 0.6 is 11.3 Å². The number of rotatable bonds is 5. The van der Waals surface area contributed by atoms with Gasteiger partial charge in [-0.05, 0) is 44.1 Å². The van der Waals surface area contributed by atoms with Crippen molar-refractivity contribution in [3.05, 3.63) is 16.3 Å². The number of nitrogens with one attached hydrogen (secondary N) is 1. The Kier molecular flexibility index (Phi) is 3.33. The van der Waals surface area contributed by atoms with Crippen LogP contribution in [0.25, 0.3) is 0 Å². The highest BCUT2D eigenvalue weighted by Gasteiger charge is 2.41. The molecule has 4 nitrogen and oxygen atoms in total. The summed E-state index contributed by atoms with van der Waals surface area (Å²) in [6.07, 6.45) is 2.15. The second-order valence-corrected chi connectivity index (χ2v) is 7.62. The molecule has 0 radical (unpaired) electrons. The molecule has 1 aromatic rings. The average Bonchev–Trinajstić information content (AvgIpc) is 2.95. The molecule has 0 atom stereocenters. The van der Waals surface area contributed by atoms with Crippen LogP contribution in [0, 0.1) is 5.92 Å². The molecular formula is C11H17NO3S2. The first-order valence-corrected chi connectivity index (χ1v) is 7.94. The van der Waals surface area contributed by atoms with Crippen LogP contribution in [0.1, 0.15) is 31.6 Å². The van der Waals surface area contributed by atoms with Crippen molar-refractivity contribution in [1.82, 2.24) is 4.72 Å². The van der Waals surface area contributed by atoms with Gasteiger partial charge in [-0.25, -0.2) is 13.1 Å². The maximum absolute atomic E-state index is 12.2. The molecule has 0 spiro atoms. The van der Waals surface area contributed by atoms with E-state index in [1.54, 1.807) is 11.4 Å². The minimum absolute atomic E-state index is 0.207. The summed E-state index contributed by atoms with van der Waals surface area (Å²) in [5.74, 6) is 0.425.